The highest BCUT2D eigenvalue weighted by Crippen LogP contribution is 2.08. The number of carbonyl (C=O) groups excluding carboxylic acids is 3. The van der Waals surface area contributed by atoms with Crippen LogP contribution < -0.4 is 10.6 Å². The second-order valence-corrected chi connectivity index (χ2v) is 2.68. The lowest BCUT2D eigenvalue weighted by molar-refractivity contribution is -0.118. The molecule has 0 atom stereocenters. The Bertz CT molecular complexity index is 317. The summed E-state index contributed by atoms with van der Waals surface area (Å²) in [6, 6.07) is -0.580. The molecule has 1 rings (SSSR count). The van der Waals surface area contributed by atoms with Crippen LogP contribution in [-0.2, 0) is 9.59 Å². The number of urea groups is 1. The zero-order valence-electron chi connectivity index (χ0n) is 7.43. The molecule has 5 nitrogen and oxygen atoms in total. The molecule has 1 aliphatic heterocycles. The van der Waals surface area contributed by atoms with Crippen LogP contribution in [0.3, 0.4) is 0 Å². The van der Waals surface area contributed by atoms with E-state index in [1.54, 1.807) is 6.92 Å². The van der Waals surface area contributed by atoms with Gasteiger partial charge in [-0.3, -0.25) is 14.9 Å². The van der Waals surface area contributed by atoms with Gasteiger partial charge < -0.3 is 5.32 Å². The van der Waals surface area contributed by atoms with Crippen LogP contribution in [0.5, 0.6) is 0 Å². The number of Topliss-reactive ketones (excluding diaryl/α,β-unsaturated/α-hetero) is 1. The van der Waals surface area contributed by atoms with E-state index in [0.29, 0.717) is 12.0 Å². The Morgan fingerprint density at radius 2 is 1.92 bits per heavy atom. The van der Waals surface area contributed by atoms with Crippen molar-refractivity contribution in [1.29, 1.82) is 0 Å². The maximum absolute atomic E-state index is 11.2. The Morgan fingerprint density at radius 1 is 1.31 bits per heavy atom. The van der Waals surface area contributed by atoms with Crippen LogP contribution in [0.2, 0.25) is 0 Å². The van der Waals surface area contributed by atoms with Gasteiger partial charge in [0.2, 0.25) is 0 Å². The van der Waals surface area contributed by atoms with Gasteiger partial charge in [0, 0.05) is 12.0 Å². The number of carbonyl (C=O) groups is 3. The molecule has 0 spiro atoms. The number of amides is 3. The smallest absolute Gasteiger partial charge is 0.302 e. The summed E-state index contributed by atoms with van der Waals surface area (Å²) >= 11 is 0. The summed E-state index contributed by atoms with van der Waals surface area (Å²) in [5, 5.41) is 4.31. The minimum Gasteiger partial charge on any atom is -0.302 e. The third-order valence-electron chi connectivity index (χ3n) is 1.81. The largest absolute Gasteiger partial charge is 0.326 e. The maximum atomic E-state index is 11.2. The van der Waals surface area contributed by atoms with Crippen molar-refractivity contribution in [1.82, 2.24) is 10.6 Å². The molecule has 13 heavy (non-hydrogen) atoms. The van der Waals surface area contributed by atoms with E-state index in [9.17, 15) is 14.4 Å². The summed E-state index contributed by atoms with van der Waals surface area (Å²) < 4.78 is 0. The zero-order valence-corrected chi connectivity index (χ0v) is 7.43. The molecule has 2 N–H and O–H groups in total. The van der Waals surface area contributed by atoms with E-state index in [1.165, 1.54) is 6.92 Å². The number of ketones is 1. The van der Waals surface area contributed by atoms with Crippen molar-refractivity contribution in [2.24, 2.45) is 0 Å². The minimum atomic E-state index is -0.580. The topological polar surface area (TPSA) is 75.3 Å². The first-order chi connectivity index (χ1) is 6.06. The molecule has 0 aliphatic carbocycles. The highest BCUT2D eigenvalue weighted by Gasteiger charge is 2.26. The summed E-state index contributed by atoms with van der Waals surface area (Å²) in [5.41, 5.74) is 0.364. The fourth-order valence-electron chi connectivity index (χ4n) is 1.04. The van der Waals surface area contributed by atoms with E-state index in [1.807, 2.05) is 5.32 Å². The molecule has 0 radical (unpaired) electrons. The molecule has 0 aromatic carbocycles. The monoisotopic (exact) mass is 182 g/mol. The number of allylic oxidation sites excluding steroid dienone is 1. The molecular formula is C8H10N2O3. The zero-order chi connectivity index (χ0) is 10.0. The SMILES string of the molecule is CCC(=O)/C(C)=C1/NC(=O)NC1=O. The van der Waals surface area contributed by atoms with Crippen LogP contribution in [0.25, 0.3) is 0 Å². The Kier molecular flexibility index (Phi) is 2.46. The molecule has 0 bridgehead atoms. The molecule has 0 unspecified atom stereocenters. The van der Waals surface area contributed by atoms with Gasteiger partial charge in [-0.2, -0.15) is 0 Å². The third-order valence-corrected chi connectivity index (χ3v) is 1.81. The van der Waals surface area contributed by atoms with Gasteiger partial charge in [-0.1, -0.05) is 6.92 Å². The summed E-state index contributed by atoms with van der Waals surface area (Å²) in [7, 11) is 0. The molecular weight excluding hydrogens is 172 g/mol. The third kappa shape index (κ3) is 1.74. The fourth-order valence-corrected chi connectivity index (χ4v) is 1.04. The van der Waals surface area contributed by atoms with Gasteiger partial charge in [0.15, 0.2) is 5.78 Å². The average Bonchev–Trinajstić information content (AvgIpc) is 2.42. The Hall–Kier alpha value is -1.65. The molecule has 5 heteroatoms. The second-order valence-electron chi connectivity index (χ2n) is 2.68. The molecule has 1 heterocycles. The Morgan fingerprint density at radius 3 is 2.31 bits per heavy atom. The second kappa shape index (κ2) is 3.38. The van der Waals surface area contributed by atoms with Gasteiger partial charge in [-0.25, -0.2) is 4.79 Å². The van der Waals surface area contributed by atoms with Crippen molar-refractivity contribution < 1.29 is 14.4 Å². The van der Waals surface area contributed by atoms with Gasteiger partial charge in [0.25, 0.3) is 5.91 Å². The molecule has 1 aliphatic rings. The first kappa shape index (κ1) is 9.44. The maximum Gasteiger partial charge on any atom is 0.326 e. The number of imide groups is 1. The Balaban J connectivity index is 2.98. The van der Waals surface area contributed by atoms with Gasteiger partial charge >= 0.3 is 6.03 Å². The predicted molar refractivity (Wildman–Crippen MR) is 44.7 cm³/mol. The summed E-state index contributed by atoms with van der Waals surface area (Å²) in [4.78, 5) is 32.9. The molecule has 70 valence electrons. The summed E-state index contributed by atoms with van der Waals surface area (Å²) in [5.74, 6) is -0.684. The van der Waals surface area contributed by atoms with Crippen molar-refractivity contribution in [3.8, 4) is 0 Å². The molecule has 1 saturated heterocycles. The van der Waals surface area contributed by atoms with E-state index in [-0.39, 0.29) is 11.5 Å². The first-order valence-corrected chi connectivity index (χ1v) is 3.92. The number of hydrogen-bond acceptors (Lipinski definition) is 3. The van der Waals surface area contributed by atoms with Crippen LogP contribution in [0.4, 0.5) is 4.79 Å². The van der Waals surface area contributed by atoms with Crippen LogP contribution in [0, 0.1) is 0 Å². The standard InChI is InChI=1S/C8H10N2O3/c1-3-5(11)4(2)6-7(12)10-8(13)9-6/h3H2,1-2H3,(H2,9,10,12,13)/b6-4+. The minimum absolute atomic E-state index is 0.0665. The lowest BCUT2D eigenvalue weighted by Crippen LogP contribution is -2.22. The molecule has 0 saturated carbocycles. The molecule has 3 amide bonds. The van der Waals surface area contributed by atoms with Gasteiger partial charge in [-0.05, 0) is 6.92 Å². The van der Waals surface area contributed by atoms with Crippen molar-refractivity contribution in [3.05, 3.63) is 11.3 Å². The number of hydrogen-bond donors (Lipinski definition) is 2. The lowest BCUT2D eigenvalue weighted by atomic mass is 10.1. The van der Waals surface area contributed by atoms with Gasteiger partial charge in [0.1, 0.15) is 5.70 Å². The summed E-state index contributed by atoms with van der Waals surface area (Å²) in [6.07, 6.45) is 0.318. The summed E-state index contributed by atoms with van der Waals surface area (Å²) in [6.45, 7) is 3.22. The fraction of sp³-hybridized carbons (Fsp3) is 0.375. The Labute approximate surface area is 75.2 Å². The highest BCUT2D eigenvalue weighted by molar-refractivity contribution is 6.15. The van der Waals surface area contributed by atoms with E-state index in [0.717, 1.165) is 0 Å². The van der Waals surface area contributed by atoms with Crippen molar-refractivity contribution in [2.75, 3.05) is 0 Å². The normalized spacial score (nSPS) is 19.5. The van der Waals surface area contributed by atoms with E-state index in [2.05, 4.69) is 5.32 Å². The van der Waals surface area contributed by atoms with Crippen LogP contribution in [-0.4, -0.2) is 17.7 Å². The van der Waals surface area contributed by atoms with Crippen molar-refractivity contribution >= 4 is 17.7 Å². The molecule has 1 fully saturated rings. The van der Waals surface area contributed by atoms with E-state index in [4.69, 9.17) is 0 Å². The molecule has 0 aromatic heterocycles. The lowest BCUT2D eigenvalue weighted by Gasteiger charge is -1.99. The van der Waals surface area contributed by atoms with Crippen LogP contribution >= 0.6 is 0 Å². The number of rotatable bonds is 2. The molecule has 0 aromatic rings. The number of nitrogens with one attached hydrogen (secondary N) is 2. The van der Waals surface area contributed by atoms with Crippen LogP contribution in [0.15, 0.2) is 11.3 Å². The van der Waals surface area contributed by atoms with Crippen molar-refractivity contribution in [2.45, 2.75) is 20.3 Å². The predicted octanol–water partition coefficient (Wildman–Crippen LogP) is 0.0789. The average molecular weight is 182 g/mol. The first-order valence-electron chi connectivity index (χ1n) is 3.92. The van der Waals surface area contributed by atoms with Gasteiger partial charge in [-0.15, -0.1) is 0 Å². The van der Waals surface area contributed by atoms with Gasteiger partial charge in [0.05, 0.1) is 0 Å². The quantitative estimate of drug-likeness (QED) is 0.469. The highest BCUT2D eigenvalue weighted by atomic mass is 16.2. The van der Waals surface area contributed by atoms with Crippen LogP contribution in [0.1, 0.15) is 20.3 Å². The van der Waals surface area contributed by atoms with Crippen molar-refractivity contribution in [3.63, 3.8) is 0 Å². The van der Waals surface area contributed by atoms with E-state index < -0.39 is 11.9 Å². The van der Waals surface area contributed by atoms with E-state index >= 15 is 0 Å².